The second kappa shape index (κ2) is 6.37. The molecule has 0 aliphatic carbocycles. The number of piperidine rings is 1. The summed E-state index contributed by atoms with van der Waals surface area (Å²) in [5, 5.41) is 12.6. The summed E-state index contributed by atoms with van der Waals surface area (Å²) in [7, 11) is 0. The molecule has 0 radical (unpaired) electrons. The lowest BCUT2D eigenvalue weighted by Crippen LogP contribution is -2.47. The highest BCUT2D eigenvalue weighted by Gasteiger charge is 2.26. The molecule has 1 atom stereocenters. The lowest BCUT2D eigenvalue weighted by Gasteiger charge is -2.33. The summed E-state index contributed by atoms with van der Waals surface area (Å²) in [6.07, 6.45) is 3.53. The number of hydrogen-bond donors (Lipinski definition) is 1. The van der Waals surface area contributed by atoms with E-state index in [0.717, 1.165) is 18.9 Å². The van der Waals surface area contributed by atoms with Gasteiger partial charge in [-0.3, -0.25) is 5.32 Å². The van der Waals surface area contributed by atoms with Crippen LogP contribution in [0.3, 0.4) is 0 Å². The van der Waals surface area contributed by atoms with Gasteiger partial charge in [0.05, 0.1) is 6.07 Å². The van der Waals surface area contributed by atoms with E-state index in [-0.39, 0.29) is 5.54 Å². The minimum Gasteiger partial charge on any atom is -0.303 e. The van der Waals surface area contributed by atoms with Crippen LogP contribution in [0, 0.1) is 17.2 Å². The first-order valence-corrected chi connectivity index (χ1v) is 6.86. The maximum atomic E-state index is 9.27. The fourth-order valence-electron chi connectivity index (χ4n) is 2.46. The summed E-state index contributed by atoms with van der Waals surface area (Å²) < 4.78 is 0. The number of rotatable bonds is 5. The van der Waals surface area contributed by atoms with Crippen LogP contribution < -0.4 is 5.32 Å². The Morgan fingerprint density at radius 1 is 1.41 bits per heavy atom. The van der Waals surface area contributed by atoms with Crippen LogP contribution in [0.15, 0.2) is 0 Å². The van der Waals surface area contributed by atoms with Crippen LogP contribution in [0.4, 0.5) is 0 Å². The summed E-state index contributed by atoms with van der Waals surface area (Å²) in [6, 6.07) is 2.78. The highest BCUT2D eigenvalue weighted by molar-refractivity contribution is 5.04. The van der Waals surface area contributed by atoms with E-state index >= 15 is 0 Å². The molecule has 0 saturated carbocycles. The zero-order valence-electron chi connectivity index (χ0n) is 11.8. The van der Waals surface area contributed by atoms with Gasteiger partial charge in [0.15, 0.2) is 0 Å². The van der Waals surface area contributed by atoms with Crippen molar-refractivity contribution in [2.75, 3.05) is 19.6 Å². The molecule has 0 spiro atoms. The number of nitriles is 1. The van der Waals surface area contributed by atoms with E-state index in [2.05, 4.69) is 37.1 Å². The third-order valence-corrected chi connectivity index (χ3v) is 3.66. The highest BCUT2D eigenvalue weighted by Crippen LogP contribution is 2.18. The van der Waals surface area contributed by atoms with Crippen LogP contribution in [0.5, 0.6) is 0 Å². The lowest BCUT2D eigenvalue weighted by molar-refractivity contribution is 0.177. The van der Waals surface area contributed by atoms with Gasteiger partial charge in [0.25, 0.3) is 0 Å². The molecule has 98 valence electrons. The molecule has 0 aromatic heterocycles. The fourth-order valence-corrected chi connectivity index (χ4v) is 2.46. The molecular weight excluding hydrogens is 210 g/mol. The largest absolute Gasteiger partial charge is 0.303 e. The third-order valence-electron chi connectivity index (χ3n) is 3.66. The molecule has 0 bridgehead atoms. The minimum atomic E-state index is -0.378. The molecule has 1 aliphatic heterocycles. The van der Waals surface area contributed by atoms with E-state index in [4.69, 9.17) is 0 Å². The summed E-state index contributed by atoms with van der Waals surface area (Å²) in [6.45, 7) is 12.0. The Hall–Kier alpha value is -0.590. The molecule has 0 amide bonds. The zero-order chi connectivity index (χ0) is 12.9. The minimum absolute atomic E-state index is 0.362. The standard InChI is InChI=1S/C14H27N3/c1-12(2)16-14(4,11-15)7-10-17-8-5-13(3)6-9-17/h12-13,16H,5-10H2,1-4H3. The molecule has 0 aromatic rings. The summed E-state index contributed by atoms with van der Waals surface area (Å²) in [4.78, 5) is 2.50. The van der Waals surface area contributed by atoms with E-state index in [1.54, 1.807) is 0 Å². The molecule has 1 heterocycles. The average Bonchev–Trinajstić information content (AvgIpc) is 2.27. The first-order chi connectivity index (χ1) is 7.95. The van der Waals surface area contributed by atoms with Crippen LogP contribution in [0.25, 0.3) is 0 Å². The molecule has 0 aromatic carbocycles. The topological polar surface area (TPSA) is 39.1 Å². The third kappa shape index (κ3) is 5.06. The Balaban J connectivity index is 2.35. The molecule has 1 unspecified atom stereocenters. The second-order valence-corrected chi connectivity index (χ2v) is 6.02. The van der Waals surface area contributed by atoms with Crippen molar-refractivity contribution >= 4 is 0 Å². The van der Waals surface area contributed by atoms with E-state index in [1.165, 1.54) is 25.9 Å². The first kappa shape index (κ1) is 14.5. The van der Waals surface area contributed by atoms with Crippen molar-refractivity contribution in [3.8, 4) is 6.07 Å². The molecule has 3 nitrogen and oxygen atoms in total. The summed E-state index contributed by atoms with van der Waals surface area (Å²) in [5.74, 6) is 0.877. The average molecular weight is 237 g/mol. The van der Waals surface area contributed by atoms with Crippen molar-refractivity contribution in [1.82, 2.24) is 10.2 Å². The van der Waals surface area contributed by atoms with Crippen molar-refractivity contribution in [2.45, 2.75) is 58.5 Å². The number of nitrogens with one attached hydrogen (secondary N) is 1. The fraction of sp³-hybridized carbons (Fsp3) is 0.929. The number of hydrogen-bond acceptors (Lipinski definition) is 3. The lowest BCUT2D eigenvalue weighted by atomic mass is 9.95. The van der Waals surface area contributed by atoms with Gasteiger partial charge in [-0.25, -0.2) is 0 Å². The maximum absolute atomic E-state index is 9.27. The van der Waals surface area contributed by atoms with Gasteiger partial charge in [0, 0.05) is 12.6 Å². The molecule has 17 heavy (non-hydrogen) atoms. The first-order valence-electron chi connectivity index (χ1n) is 6.86. The monoisotopic (exact) mass is 237 g/mol. The molecule has 1 saturated heterocycles. The Morgan fingerprint density at radius 2 is 2.00 bits per heavy atom. The van der Waals surface area contributed by atoms with Crippen LogP contribution in [0.2, 0.25) is 0 Å². The van der Waals surface area contributed by atoms with Crippen LogP contribution in [0.1, 0.15) is 47.0 Å². The van der Waals surface area contributed by atoms with Gasteiger partial charge in [-0.15, -0.1) is 0 Å². The second-order valence-electron chi connectivity index (χ2n) is 6.02. The van der Waals surface area contributed by atoms with E-state index in [9.17, 15) is 5.26 Å². The molecule has 1 rings (SSSR count). The Kier molecular flexibility index (Phi) is 5.42. The Bertz CT molecular complexity index is 261. The highest BCUT2D eigenvalue weighted by atomic mass is 15.1. The number of likely N-dealkylation sites (tertiary alicyclic amines) is 1. The number of nitrogens with zero attached hydrogens (tertiary/aromatic N) is 2. The van der Waals surface area contributed by atoms with E-state index < -0.39 is 0 Å². The predicted molar refractivity (Wildman–Crippen MR) is 71.7 cm³/mol. The summed E-state index contributed by atoms with van der Waals surface area (Å²) >= 11 is 0. The maximum Gasteiger partial charge on any atom is 0.105 e. The summed E-state index contributed by atoms with van der Waals surface area (Å²) in [5.41, 5.74) is -0.378. The predicted octanol–water partition coefficient (Wildman–Crippen LogP) is 2.39. The van der Waals surface area contributed by atoms with Crippen molar-refractivity contribution in [3.05, 3.63) is 0 Å². The van der Waals surface area contributed by atoms with Gasteiger partial charge in [0.1, 0.15) is 5.54 Å². The van der Waals surface area contributed by atoms with Crippen molar-refractivity contribution in [2.24, 2.45) is 5.92 Å². The molecule has 1 aliphatic rings. The van der Waals surface area contributed by atoms with Gasteiger partial charge in [-0.05, 0) is 59.0 Å². The molecule has 1 fully saturated rings. The SMILES string of the molecule is CC1CCN(CCC(C)(C#N)NC(C)C)CC1. The van der Waals surface area contributed by atoms with Crippen LogP contribution in [-0.4, -0.2) is 36.1 Å². The molecule has 3 heteroatoms. The van der Waals surface area contributed by atoms with E-state index in [0.29, 0.717) is 6.04 Å². The van der Waals surface area contributed by atoms with Crippen molar-refractivity contribution in [1.29, 1.82) is 5.26 Å². The van der Waals surface area contributed by atoms with Crippen molar-refractivity contribution < 1.29 is 0 Å². The Labute approximate surface area is 106 Å². The van der Waals surface area contributed by atoms with Gasteiger partial charge >= 0.3 is 0 Å². The smallest absolute Gasteiger partial charge is 0.105 e. The Morgan fingerprint density at radius 3 is 2.47 bits per heavy atom. The van der Waals surface area contributed by atoms with Crippen LogP contribution in [-0.2, 0) is 0 Å². The quantitative estimate of drug-likeness (QED) is 0.798. The van der Waals surface area contributed by atoms with E-state index in [1.807, 2.05) is 6.92 Å². The van der Waals surface area contributed by atoms with Crippen molar-refractivity contribution in [3.63, 3.8) is 0 Å². The van der Waals surface area contributed by atoms with Gasteiger partial charge in [-0.1, -0.05) is 6.92 Å². The molecule has 1 N–H and O–H groups in total. The van der Waals surface area contributed by atoms with Gasteiger partial charge in [0.2, 0.25) is 0 Å². The van der Waals surface area contributed by atoms with Crippen LogP contribution >= 0.6 is 0 Å². The van der Waals surface area contributed by atoms with Gasteiger partial charge < -0.3 is 4.90 Å². The van der Waals surface area contributed by atoms with Gasteiger partial charge in [-0.2, -0.15) is 5.26 Å². The zero-order valence-corrected chi connectivity index (χ0v) is 11.8. The normalized spacial score (nSPS) is 22.4. The molecular formula is C14H27N3.